The Morgan fingerprint density at radius 3 is 2.46 bits per heavy atom. The molecule has 4 nitrogen and oxygen atoms in total. The maximum absolute atomic E-state index is 11.4. The molecule has 144 valence electrons. The molecule has 0 fully saturated rings. The SMILES string of the molecule is CC.CC(C)(Sc1ccc2cncc(-c3ccc(C#N)cc3Cl)c2c1)C(=O)O. The van der Waals surface area contributed by atoms with Crippen molar-refractivity contribution < 1.29 is 9.90 Å². The highest BCUT2D eigenvalue weighted by molar-refractivity contribution is 8.01. The zero-order valence-corrected chi connectivity index (χ0v) is 17.7. The van der Waals surface area contributed by atoms with Crippen molar-refractivity contribution in [3.8, 4) is 17.2 Å². The molecule has 0 radical (unpaired) electrons. The van der Waals surface area contributed by atoms with E-state index in [9.17, 15) is 9.90 Å². The van der Waals surface area contributed by atoms with Crippen molar-refractivity contribution >= 4 is 40.1 Å². The summed E-state index contributed by atoms with van der Waals surface area (Å²) in [5.41, 5.74) is 2.11. The van der Waals surface area contributed by atoms with E-state index in [0.29, 0.717) is 10.6 Å². The molecule has 0 aliphatic heterocycles. The van der Waals surface area contributed by atoms with Crippen molar-refractivity contribution in [2.24, 2.45) is 0 Å². The van der Waals surface area contributed by atoms with Gasteiger partial charge in [-0.3, -0.25) is 9.78 Å². The van der Waals surface area contributed by atoms with Gasteiger partial charge in [-0.2, -0.15) is 5.26 Å². The Morgan fingerprint density at radius 1 is 1.14 bits per heavy atom. The molecule has 0 atom stereocenters. The number of hydrogen-bond acceptors (Lipinski definition) is 4. The van der Waals surface area contributed by atoms with Crippen LogP contribution in [0.15, 0.2) is 53.7 Å². The van der Waals surface area contributed by atoms with E-state index >= 15 is 0 Å². The largest absolute Gasteiger partial charge is 0.480 e. The molecular formula is C22H21ClN2O2S. The molecule has 3 aromatic rings. The van der Waals surface area contributed by atoms with Crippen LogP contribution in [0, 0.1) is 11.3 Å². The summed E-state index contributed by atoms with van der Waals surface area (Å²) in [4.78, 5) is 16.5. The van der Waals surface area contributed by atoms with Gasteiger partial charge in [0.15, 0.2) is 0 Å². The lowest BCUT2D eigenvalue weighted by atomic mass is 10.00. The van der Waals surface area contributed by atoms with Crippen LogP contribution in [0.2, 0.25) is 5.02 Å². The van der Waals surface area contributed by atoms with Crippen molar-refractivity contribution in [1.29, 1.82) is 5.26 Å². The first-order valence-electron chi connectivity index (χ1n) is 8.82. The number of fused-ring (bicyclic) bond motifs is 1. The number of rotatable bonds is 4. The minimum Gasteiger partial charge on any atom is -0.480 e. The van der Waals surface area contributed by atoms with Gasteiger partial charge in [0.25, 0.3) is 0 Å². The second-order valence-electron chi connectivity index (χ2n) is 6.29. The van der Waals surface area contributed by atoms with E-state index in [0.717, 1.165) is 26.8 Å². The van der Waals surface area contributed by atoms with E-state index in [2.05, 4.69) is 11.1 Å². The van der Waals surface area contributed by atoms with Crippen LogP contribution >= 0.6 is 23.4 Å². The van der Waals surface area contributed by atoms with Crippen molar-refractivity contribution in [3.63, 3.8) is 0 Å². The molecule has 0 saturated carbocycles. The molecule has 28 heavy (non-hydrogen) atoms. The summed E-state index contributed by atoms with van der Waals surface area (Å²) >= 11 is 7.66. The third-order valence-corrected chi connectivity index (χ3v) is 5.50. The first kappa shape index (κ1) is 21.7. The molecule has 0 aliphatic carbocycles. The van der Waals surface area contributed by atoms with Gasteiger partial charge >= 0.3 is 5.97 Å². The Balaban J connectivity index is 0.00000136. The third-order valence-electron chi connectivity index (χ3n) is 4.01. The van der Waals surface area contributed by atoms with Gasteiger partial charge in [0.05, 0.1) is 11.6 Å². The predicted molar refractivity (Wildman–Crippen MR) is 116 cm³/mol. The topological polar surface area (TPSA) is 74.0 Å². The normalized spacial score (nSPS) is 10.7. The Bertz CT molecular complexity index is 1060. The fourth-order valence-corrected chi connectivity index (χ4v) is 3.83. The van der Waals surface area contributed by atoms with Gasteiger partial charge in [0.2, 0.25) is 0 Å². The van der Waals surface area contributed by atoms with Crippen molar-refractivity contribution in [1.82, 2.24) is 4.98 Å². The van der Waals surface area contributed by atoms with Crippen LogP contribution in [-0.4, -0.2) is 20.8 Å². The van der Waals surface area contributed by atoms with E-state index < -0.39 is 10.7 Å². The average Bonchev–Trinajstić information content (AvgIpc) is 2.68. The van der Waals surface area contributed by atoms with Gasteiger partial charge in [0.1, 0.15) is 4.75 Å². The highest BCUT2D eigenvalue weighted by Crippen LogP contribution is 2.38. The first-order chi connectivity index (χ1) is 13.3. The van der Waals surface area contributed by atoms with Gasteiger partial charge in [-0.1, -0.05) is 37.6 Å². The average molecular weight is 413 g/mol. The molecule has 6 heteroatoms. The van der Waals surface area contributed by atoms with Gasteiger partial charge in [0, 0.05) is 38.8 Å². The molecule has 0 bridgehead atoms. The number of hydrogen-bond donors (Lipinski definition) is 1. The molecular weight excluding hydrogens is 392 g/mol. The van der Waals surface area contributed by atoms with Crippen LogP contribution in [0.3, 0.4) is 0 Å². The van der Waals surface area contributed by atoms with E-state index in [1.54, 1.807) is 44.4 Å². The number of benzene rings is 2. The number of carbonyl (C=O) groups is 1. The molecule has 0 amide bonds. The molecule has 1 aromatic heterocycles. The zero-order chi connectivity index (χ0) is 20.9. The Labute approximate surface area is 174 Å². The lowest BCUT2D eigenvalue weighted by Gasteiger charge is -2.19. The van der Waals surface area contributed by atoms with Crippen LogP contribution in [0.25, 0.3) is 21.9 Å². The van der Waals surface area contributed by atoms with Crippen molar-refractivity contribution in [3.05, 3.63) is 59.4 Å². The molecule has 0 spiro atoms. The maximum atomic E-state index is 11.4. The number of pyridine rings is 1. The zero-order valence-electron chi connectivity index (χ0n) is 16.2. The number of aromatic nitrogens is 1. The predicted octanol–water partition coefficient (Wildman–Crippen LogP) is 6.41. The van der Waals surface area contributed by atoms with Crippen LogP contribution in [0.4, 0.5) is 0 Å². The fourth-order valence-electron chi connectivity index (χ4n) is 2.56. The minimum atomic E-state index is -0.938. The highest BCUT2D eigenvalue weighted by atomic mass is 35.5. The number of nitrogens with zero attached hydrogens (tertiary/aromatic N) is 2. The van der Waals surface area contributed by atoms with E-state index in [4.69, 9.17) is 16.9 Å². The monoisotopic (exact) mass is 412 g/mol. The summed E-state index contributed by atoms with van der Waals surface area (Å²) in [5, 5.41) is 20.7. The first-order valence-corrected chi connectivity index (χ1v) is 10.0. The summed E-state index contributed by atoms with van der Waals surface area (Å²) in [6, 6.07) is 13.0. The Morgan fingerprint density at radius 2 is 1.86 bits per heavy atom. The van der Waals surface area contributed by atoms with Crippen LogP contribution < -0.4 is 0 Å². The van der Waals surface area contributed by atoms with Crippen LogP contribution in [0.5, 0.6) is 0 Å². The maximum Gasteiger partial charge on any atom is 0.319 e. The number of aliphatic carboxylic acids is 1. The smallest absolute Gasteiger partial charge is 0.319 e. The van der Waals surface area contributed by atoms with E-state index in [1.165, 1.54) is 11.8 Å². The number of carboxylic acid groups (broad SMARTS) is 1. The van der Waals surface area contributed by atoms with Gasteiger partial charge in [-0.05, 0) is 43.5 Å². The molecule has 0 saturated heterocycles. The number of nitriles is 1. The molecule has 1 N–H and O–H groups in total. The Kier molecular flexibility index (Phi) is 7.06. The lowest BCUT2D eigenvalue weighted by Crippen LogP contribution is -2.26. The molecule has 0 unspecified atom stereocenters. The highest BCUT2D eigenvalue weighted by Gasteiger charge is 2.28. The summed E-state index contributed by atoms with van der Waals surface area (Å²) < 4.78 is -0.938. The summed E-state index contributed by atoms with van der Waals surface area (Å²) in [6.45, 7) is 7.35. The second-order valence-corrected chi connectivity index (χ2v) is 8.40. The Hall–Kier alpha value is -2.55. The summed E-state index contributed by atoms with van der Waals surface area (Å²) in [7, 11) is 0. The number of halogens is 1. The van der Waals surface area contributed by atoms with Crippen molar-refractivity contribution in [2.45, 2.75) is 37.3 Å². The van der Waals surface area contributed by atoms with Gasteiger partial charge in [-0.15, -0.1) is 11.8 Å². The number of thioether (sulfide) groups is 1. The van der Waals surface area contributed by atoms with Gasteiger partial charge in [-0.25, -0.2) is 0 Å². The standard InChI is InChI=1S/C20H15ClN2O2S.C2H6/c1-20(2,19(24)25)26-14-5-4-13-10-23-11-17(16(13)8-14)15-6-3-12(9-22)7-18(15)21;1-2/h3-8,10-11H,1-2H3,(H,24,25);1-2H3. The summed E-state index contributed by atoms with van der Waals surface area (Å²) in [6.07, 6.45) is 3.49. The van der Waals surface area contributed by atoms with Crippen molar-refractivity contribution in [2.75, 3.05) is 0 Å². The van der Waals surface area contributed by atoms with Crippen LogP contribution in [0.1, 0.15) is 33.3 Å². The van der Waals surface area contributed by atoms with Crippen LogP contribution in [-0.2, 0) is 4.79 Å². The minimum absolute atomic E-state index is 0.474. The molecule has 1 heterocycles. The van der Waals surface area contributed by atoms with E-state index in [1.807, 2.05) is 32.0 Å². The lowest BCUT2D eigenvalue weighted by molar-refractivity contribution is -0.138. The van der Waals surface area contributed by atoms with E-state index in [-0.39, 0.29) is 0 Å². The molecule has 3 rings (SSSR count). The fraction of sp³-hybridized carbons (Fsp3) is 0.227. The quantitative estimate of drug-likeness (QED) is 0.501. The molecule has 2 aromatic carbocycles. The second kappa shape index (κ2) is 9.09. The number of carboxylic acids is 1. The van der Waals surface area contributed by atoms with Gasteiger partial charge < -0.3 is 5.11 Å². The summed E-state index contributed by atoms with van der Waals surface area (Å²) in [5.74, 6) is -0.868. The third kappa shape index (κ3) is 4.64. The molecule has 0 aliphatic rings.